The molecule has 0 fully saturated rings. The van der Waals surface area contributed by atoms with Crippen molar-refractivity contribution in [3.63, 3.8) is 0 Å². The zero-order valence-corrected chi connectivity index (χ0v) is 15.4. The number of ether oxygens (including phenoxy) is 1. The second kappa shape index (κ2) is 9.70. The van der Waals surface area contributed by atoms with Crippen molar-refractivity contribution in [3.8, 4) is 0 Å². The molecule has 1 aromatic heterocycles. The van der Waals surface area contributed by atoms with Gasteiger partial charge in [0.2, 0.25) is 0 Å². The molecule has 0 aliphatic heterocycles. The lowest BCUT2D eigenvalue weighted by Crippen LogP contribution is -3.12. The number of aromatic nitrogens is 1. The van der Waals surface area contributed by atoms with E-state index in [1.807, 2.05) is 24.4 Å². The first-order valence-corrected chi connectivity index (χ1v) is 8.87. The maximum atomic E-state index is 13.9. The second-order valence-electron chi connectivity index (χ2n) is 7.06. The lowest BCUT2D eigenvalue weighted by atomic mass is 10.2. The molecule has 0 amide bonds. The van der Waals surface area contributed by atoms with Gasteiger partial charge in [0.1, 0.15) is 25.0 Å². The number of methoxy groups -OCH3 is 1. The van der Waals surface area contributed by atoms with Gasteiger partial charge < -0.3 is 19.3 Å². The van der Waals surface area contributed by atoms with Crippen LogP contribution in [0.1, 0.15) is 25.1 Å². The molecule has 0 aliphatic rings. The zero-order chi connectivity index (χ0) is 18.2. The van der Waals surface area contributed by atoms with Crippen molar-refractivity contribution in [1.29, 1.82) is 0 Å². The van der Waals surface area contributed by atoms with Crippen LogP contribution in [-0.2, 0) is 17.8 Å². The van der Waals surface area contributed by atoms with Crippen molar-refractivity contribution in [1.82, 2.24) is 4.57 Å². The van der Waals surface area contributed by atoms with Gasteiger partial charge in [-0.25, -0.2) is 4.39 Å². The molecule has 2 rings (SSSR count). The van der Waals surface area contributed by atoms with Gasteiger partial charge in [-0.15, -0.1) is 0 Å². The van der Waals surface area contributed by atoms with E-state index in [2.05, 4.69) is 24.5 Å². The Labute approximate surface area is 149 Å². The second-order valence-corrected chi connectivity index (χ2v) is 7.06. The Morgan fingerprint density at radius 2 is 1.92 bits per heavy atom. The smallest absolute Gasteiger partial charge is 0.128 e. The number of nitrogens with one attached hydrogen (secondary N) is 1. The van der Waals surface area contributed by atoms with Gasteiger partial charge >= 0.3 is 0 Å². The third kappa shape index (κ3) is 6.27. The molecular weight excluding hydrogens is 319 g/mol. The van der Waals surface area contributed by atoms with Crippen molar-refractivity contribution in [2.45, 2.75) is 33.0 Å². The van der Waals surface area contributed by atoms with E-state index in [0.29, 0.717) is 31.2 Å². The van der Waals surface area contributed by atoms with E-state index < -0.39 is 6.10 Å². The molecule has 2 atom stereocenters. The normalized spacial score (nSPS) is 14.0. The SMILES string of the molecule is COC[C@@H](O)C[NH+](Cc1cccn1Cc1ccccc1F)CC(C)C. The Morgan fingerprint density at radius 1 is 1.16 bits per heavy atom. The molecule has 1 heterocycles. The molecule has 25 heavy (non-hydrogen) atoms. The highest BCUT2D eigenvalue weighted by molar-refractivity contribution is 5.19. The maximum Gasteiger partial charge on any atom is 0.128 e. The van der Waals surface area contributed by atoms with Crippen LogP contribution in [0, 0.1) is 11.7 Å². The number of hydrogen-bond acceptors (Lipinski definition) is 2. The molecule has 2 aromatic rings. The lowest BCUT2D eigenvalue weighted by molar-refractivity contribution is -0.920. The highest BCUT2D eigenvalue weighted by Crippen LogP contribution is 2.11. The summed E-state index contributed by atoms with van der Waals surface area (Å²) in [5.74, 6) is 0.351. The van der Waals surface area contributed by atoms with Crippen LogP contribution in [0.4, 0.5) is 4.39 Å². The van der Waals surface area contributed by atoms with Crippen LogP contribution < -0.4 is 4.90 Å². The molecule has 0 aliphatic carbocycles. The number of benzene rings is 1. The summed E-state index contributed by atoms with van der Waals surface area (Å²) in [4.78, 5) is 1.30. The standard InChI is InChI=1S/C20H29FN2O2/c1-16(2)11-22(14-19(24)15-25-3)13-18-8-6-10-23(18)12-17-7-4-5-9-20(17)21/h4-10,16,19,24H,11-15H2,1-3H3/p+1/t19-/m0/s1. The van der Waals surface area contributed by atoms with Gasteiger partial charge in [-0.1, -0.05) is 32.0 Å². The number of hydrogen-bond donors (Lipinski definition) is 2. The summed E-state index contributed by atoms with van der Waals surface area (Å²) in [7, 11) is 1.60. The number of nitrogens with zero attached hydrogens (tertiary/aromatic N) is 1. The van der Waals surface area contributed by atoms with Gasteiger partial charge in [0.25, 0.3) is 0 Å². The Kier molecular flexibility index (Phi) is 7.62. The zero-order valence-electron chi connectivity index (χ0n) is 15.4. The van der Waals surface area contributed by atoms with Gasteiger partial charge in [-0.3, -0.25) is 0 Å². The predicted octanol–water partition coefficient (Wildman–Crippen LogP) is 1.72. The van der Waals surface area contributed by atoms with Crippen LogP contribution in [0.5, 0.6) is 0 Å². The molecule has 0 saturated carbocycles. The quantitative estimate of drug-likeness (QED) is 0.686. The van der Waals surface area contributed by atoms with E-state index in [9.17, 15) is 9.50 Å². The highest BCUT2D eigenvalue weighted by Gasteiger charge is 2.19. The Hall–Kier alpha value is -1.69. The molecule has 1 aromatic carbocycles. The van der Waals surface area contributed by atoms with Gasteiger partial charge in [0.05, 0.1) is 25.4 Å². The summed E-state index contributed by atoms with van der Waals surface area (Å²) in [5, 5.41) is 10.1. The fourth-order valence-electron chi connectivity index (χ4n) is 3.22. The fourth-order valence-corrected chi connectivity index (χ4v) is 3.22. The number of aliphatic hydroxyl groups is 1. The topological polar surface area (TPSA) is 38.8 Å². The lowest BCUT2D eigenvalue weighted by Gasteiger charge is -2.24. The van der Waals surface area contributed by atoms with E-state index in [-0.39, 0.29) is 5.82 Å². The molecule has 1 unspecified atom stereocenters. The third-order valence-electron chi connectivity index (χ3n) is 4.23. The highest BCUT2D eigenvalue weighted by atomic mass is 19.1. The van der Waals surface area contributed by atoms with E-state index in [0.717, 1.165) is 18.8 Å². The molecule has 4 nitrogen and oxygen atoms in total. The fraction of sp³-hybridized carbons (Fsp3) is 0.500. The van der Waals surface area contributed by atoms with Crippen molar-refractivity contribution >= 4 is 0 Å². The van der Waals surface area contributed by atoms with Crippen LogP contribution >= 0.6 is 0 Å². The number of rotatable bonds is 10. The van der Waals surface area contributed by atoms with Crippen molar-refractivity contribution < 1.29 is 19.1 Å². The molecule has 0 spiro atoms. The van der Waals surface area contributed by atoms with Gasteiger partial charge in [-0.05, 0) is 18.2 Å². The summed E-state index contributed by atoms with van der Waals surface area (Å²) in [6.07, 6.45) is 1.51. The largest absolute Gasteiger partial charge is 0.385 e. The van der Waals surface area contributed by atoms with Crippen LogP contribution in [0.15, 0.2) is 42.6 Å². The monoisotopic (exact) mass is 349 g/mol. The minimum absolute atomic E-state index is 0.177. The van der Waals surface area contributed by atoms with Crippen LogP contribution in [0.25, 0.3) is 0 Å². The minimum atomic E-state index is -0.478. The summed E-state index contributed by atoms with van der Waals surface area (Å²) in [6.45, 7) is 7.62. The van der Waals surface area contributed by atoms with Crippen LogP contribution in [0.2, 0.25) is 0 Å². The number of halogens is 1. The molecule has 0 radical (unpaired) electrons. The van der Waals surface area contributed by atoms with E-state index >= 15 is 0 Å². The van der Waals surface area contributed by atoms with E-state index in [4.69, 9.17) is 4.74 Å². The van der Waals surface area contributed by atoms with E-state index in [1.165, 1.54) is 11.0 Å². The van der Waals surface area contributed by atoms with Gasteiger partial charge in [0, 0.05) is 24.8 Å². The molecule has 2 N–H and O–H groups in total. The summed E-state index contributed by atoms with van der Waals surface area (Å²) < 4.78 is 21.1. The predicted molar refractivity (Wildman–Crippen MR) is 97.1 cm³/mol. The molecule has 0 bridgehead atoms. The minimum Gasteiger partial charge on any atom is -0.385 e. The Balaban J connectivity index is 2.09. The first-order chi connectivity index (χ1) is 12.0. The molecule has 0 saturated heterocycles. The van der Waals surface area contributed by atoms with Crippen LogP contribution in [0.3, 0.4) is 0 Å². The number of quaternary nitrogens is 1. The average Bonchev–Trinajstić information content (AvgIpc) is 2.96. The number of aliphatic hydroxyl groups excluding tert-OH is 1. The first-order valence-electron chi connectivity index (χ1n) is 8.87. The molecule has 138 valence electrons. The van der Waals surface area contributed by atoms with Crippen molar-refractivity contribution in [3.05, 3.63) is 59.7 Å². The average molecular weight is 349 g/mol. The Bertz CT molecular complexity index is 642. The molecule has 5 heteroatoms. The van der Waals surface area contributed by atoms with E-state index in [1.54, 1.807) is 13.2 Å². The van der Waals surface area contributed by atoms with Crippen molar-refractivity contribution in [2.75, 3.05) is 26.8 Å². The summed E-state index contributed by atoms with van der Waals surface area (Å²) >= 11 is 0. The Morgan fingerprint density at radius 3 is 2.60 bits per heavy atom. The summed E-state index contributed by atoms with van der Waals surface area (Å²) in [5.41, 5.74) is 1.83. The first kappa shape index (κ1) is 19.6. The van der Waals surface area contributed by atoms with Gasteiger partial charge in [-0.2, -0.15) is 0 Å². The summed E-state index contributed by atoms with van der Waals surface area (Å²) in [6, 6.07) is 11.0. The van der Waals surface area contributed by atoms with Gasteiger partial charge in [0.15, 0.2) is 0 Å². The van der Waals surface area contributed by atoms with Crippen LogP contribution in [-0.4, -0.2) is 42.6 Å². The molecular formula is C20H30FN2O2+. The maximum absolute atomic E-state index is 13.9. The third-order valence-corrected chi connectivity index (χ3v) is 4.23. The van der Waals surface area contributed by atoms with Crippen molar-refractivity contribution in [2.24, 2.45) is 5.92 Å².